The molecule has 1 spiro atoms. The molecule has 2 aliphatic rings. The van der Waals surface area contributed by atoms with Crippen LogP contribution in [0.25, 0.3) is 0 Å². The number of nitrogens with zero attached hydrogens (tertiary/aromatic N) is 1. The van der Waals surface area contributed by atoms with Crippen LogP contribution >= 0.6 is 0 Å². The van der Waals surface area contributed by atoms with Crippen molar-refractivity contribution in [2.45, 2.75) is 39.7 Å². The number of ether oxygens (including phenoxy) is 2. The second-order valence-electron chi connectivity index (χ2n) is 6.21. The van der Waals surface area contributed by atoms with Gasteiger partial charge >= 0.3 is 12.1 Å². The standard InChI is InChI=1S/C13H21NO4/c1-5-17-10(15)9-6-13(9)7-14(8-13)11(16)18-12(2,3)4/h9H,5-8H2,1-4H3/t9-/m1/s1. The van der Waals surface area contributed by atoms with E-state index in [-0.39, 0.29) is 23.4 Å². The van der Waals surface area contributed by atoms with Gasteiger partial charge in [-0.15, -0.1) is 0 Å². The fourth-order valence-electron chi connectivity index (χ4n) is 2.44. The molecule has 102 valence electrons. The Balaban J connectivity index is 1.78. The van der Waals surface area contributed by atoms with E-state index >= 15 is 0 Å². The molecular weight excluding hydrogens is 234 g/mol. The molecule has 1 aliphatic carbocycles. The van der Waals surface area contributed by atoms with Gasteiger partial charge in [-0.05, 0) is 34.1 Å². The van der Waals surface area contributed by atoms with Crippen LogP contribution in [0.4, 0.5) is 4.79 Å². The van der Waals surface area contributed by atoms with Crippen LogP contribution in [0.5, 0.6) is 0 Å². The molecule has 0 aromatic heterocycles. The molecule has 18 heavy (non-hydrogen) atoms. The first kappa shape index (κ1) is 13.2. The molecule has 0 bridgehead atoms. The highest BCUT2D eigenvalue weighted by Crippen LogP contribution is 2.59. The van der Waals surface area contributed by atoms with Crippen LogP contribution in [-0.4, -0.2) is 42.3 Å². The first-order valence-corrected chi connectivity index (χ1v) is 6.42. The molecule has 1 saturated carbocycles. The lowest BCUT2D eigenvalue weighted by molar-refractivity contribution is -0.146. The summed E-state index contributed by atoms with van der Waals surface area (Å²) in [7, 11) is 0. The number of hydrogen-bond donors (Lipinski definition) is 0. The van der Waals surface area contributed by atoms with E-state index in [2.05, 4.69) is 0 Å². The smallest absolute Gasteiger partial charge is 0.410 e. The molecule has 5 nitrogen and oxygen atoms in total. The average Bonchev–Trinajstić information content (AvgIpc) is 2.87. The molecule has 0 aromatic carbocycles. The molecule has 2 fully saturated rings. The molecule has 5 heteroatoms. The summed E-state index contributed by atoms with van der Waals surface area (Å²) in [5.41, 5.74) is -0.479. The topological polar surface area (TPSA) is 55.8 Å². The number of likely N-dealkylation sites (tertiary alicyclic amines) is 1. The lowest BCUT2D eigenvalue weighted by Crippen LogP contribution is -2.54. The van der Waals surface area contributed by atoms with Crippen LogP contribution in [0.3, 0.4) is 0 Å². The number of amides is 1. The highest BCUT2D eigenvalue weighted by Gasteiger charge is 2.66. The van der Waals surface area contributed by atoms with Crippen molar-refractivity contribution in [3.05, 3.63) is 0 Å². The van der Waals surface area contributed by atoms with Crippen LogP contribution in [0, 0.1) is 11.3 Å². The van der Waals surface area contributed by atoms with Gasteiger partial charge in [-0.1, -0.05) is 0 Å². The van der Waals surface area contributed by atoms with Crippen molar-refractivity contribution in [1.29, 1.82) is 0 Å². The van der Waals surface area contributed by atoms with E-state index in [0.717, 1.165) is 6.42 Å². The third-order valence-corrected chi connectivity index (χ3v) is 3.42. The largest absolute Gasteiger partial charge is 0.466 e. The van der Waals surface area contributed by atoms with Gasteiger partial charge in [-0.25, -0.2) is 4.79 Å². The van der Waals surface area contributed by atoms with Gasteiger partial charge in [0.1, 0.15) is 5.60 Å². The van der Waals surface area contributed by atoms with Crippen LogP contribution in [-0.2, 0) is 14.3 Å². The summed E-state index contributed by atoms with van der Waals surface area (Å²) in [5, 5.41) is 0. The van der Waals surface area contributed by atoms with E-state index in [9.17, 15) is 9.59 Å². The monoisotopic (exact) mass is 255 g/mol. The minimum absolute atomic E-state index is 0.0108. The maximum absolute atomic E-state index is 11.7. The van der Waals surface area contributed by atoms with Crippen molar-refractivity contribution in [1.82, 2.24) is 4.90 Å². The molecule has 1 atom stereocenters. The Bertz CT molecular complexity index is 366. The normalized spacial score (nSPS) is 24.4. The van der Waals surface area contributed by atoms with Crippen LogP contribution in [0.2, 0.25) is 0 Å². The van der Waals surface area contributed by atoms with E-state index in [4.69, 9.17) is 9.47 Å². The Morgan fingerprint density at radius 1 is 1.33 bits per heavy atom. The van der Waals surface area contributed by atoms with Crippen LogP contribution in [0.15, 0.2) is 0 Å². The maximum Gasteiger partial charge on any atom is 0.410 e. The zero-order valence-corrected chi connectivity index (χ0v) is 11.5. The van der Waals surface area contributed by atoms with Gasteiger partial charge in [-0.2, -0.15) is 0 Å². The first-order chi connectivity index (χ1) is 8.27. The number of hydrogen-bond acceptors (Lipinski definition) is 4. The van der Waals surface area contributed by atoms with Gasteiger partial charge in [0.25, 0.3) is 0 Å². The molecular formula is C13H21NO4. The summed E-state index contributed by atoms with van der Waals surface area (Å²) in [4.78, 5) is 25.0. The van der Waals surface area contributed by atoms with E-state index in [1.165, 1.54) is 0 Å². The minimum Gasteiger partial charge on any atom is -0.466 e. The molecule has 0 radical (unpaired) electrons. The van der Waals surface area contributed by atoms with Gasteiger partial charge in [0.15, 0.2) is 0 Å². The summed E-state index contributed by atoms with van der Waals surface area (Å²) in [5.74, 6) is -0.141. The average molecular weight is 255 g/mol. The predicted molar refractivity (Wildman–Crippen MR) is 65.0 cm³/mol. The van der Waals surface area contributed by atoms with E-state index < -0.39 is 5.60 Å². The fraction of sp³-hybridized carbons (Fsp3) is 0.846. The van der Waals surface area contributed by atoms with Crippen molar-refractivity contribution in [3.63, 3.8) is 0 Å². The van der Waals surface area contributed by atoms with E-state index in [0.29, 0.717) is 19.7 Å². The Hall–Kier alpha value is -1.26. The summed E-state index contributed by atoms with van der Waals surface area (Å²) >= 11 is 0. The Kier molecular flexibility index (Phi) is 3.03. The fourth-order valence-corrected chi connectivity index (χ4v) is 2.44. The van der Waals surface area contributed by atoms with Crippen molar-refractivity contribution in [3.8, 4) is 0 Å². The zero-order chi connectivity index (χ0) is 13.6. The second-order valence-corrected chi connectivity index (χ2v) is 6.21. The third kappa shape index (κ3) is 2.44. The second kappa shape index (κ2) is 4.14. The number of carbonyl (C=O) groups is 2. The first-order valence-electron chi connectivity index (χ1n) is 6.42. The van der Waals surface area contributed by atoms with Crippen LogP contribution < -0.4 is 0 Å². The molecule has 0 N–H and O–H groups in total. The molecule has 0 aromatic rings. The van der Waals surface area contributed by atoms with Gasteiger partial charge in [0.05, 0.1) is 12.5 Å². The summed E-state index contributed by atoms with van der Waals surface area (Å²) in [6.07, 6.45) is 0.549. The predicted octanol–water partition coefficient (Wildman–Crippen LogP) is 1.81. The lowest BCUT2D eigenvalue weighted by atomic mass is 9.94. The molecule has 2 rings (SSSR count). The van der Waals surface area contributed by atoms with Gasteiger partial charge in [0.2, 0.25) is 0 Å². The van der Waals surface area contributed by atoms with Crippen molar-refractivity contribution in [2.24, 2.45) is 11.3 Å². The van der Waals surface area contributed by atoms with Gasteiger partial charge < -0.3 is 14.4 Å². The highest BCUT2D eigenvalue weighted by atomic mass is 16.6. The Labute approximate surface area is 107 Å². The van der Waals surface area contributed by atoms with Crippen LogP contribution in [0.1, 0.15) is 34.1 Å². The van der Waals surface area contributed by atoms with Crippen molar-refractivity contribution < 1.29 is 19.1 Å². The molecule has 0 unspecified atom stereocenters. The van der Waals surface area contributed by atoms with Crippen molar-refractivity contribution in [2.75, 3.05) is 19.7 Å². The van der Waals surface area contributed by atoms with Gasteiger partial charge in [0, 0.05) is 18.5 Å². The van der Waals surface area contributed by atoms with E-state index in [1.54, 1.807) is 11.8 Å². The lowest BCUT2D eigenvalue weighted by Gasteiger charge is -2.40. The third-order valence-electron chi connectivity index (χ3n) is 3.42. The summed E-state index contributed by atoms with van der Waals surface area (Å²) < 4.78 is 10.3. The zero-order valence-electron chi connectivity index (χ0n) is 11.5. The number of esters is 1. The maximum atomic E-state index is 11.7. The quantitative estimate of drug-likeness (QED) is 0.706. The summed E-state index contributed by atoms with van der Waals surface area (Å²) in [6.45, 7) is 9.00. The highest BCUT2D eigenvalue weighted by molar-refractivity contribution is 5.79. The van der Waals surface area contributed by atoms with Crippen molar-refractivity contribution >= 4 is 12.1 Å². The molecule has 1 saturated heterocycles. The SMILES string of the molecule is CCOC(=O)[C@H]1CC12CN(C(=O)OC(C)(C)C)C2. The van der Waals surface area contributed by atoms with Gasteiger partial charge in [-0.3, -0.25) is 4.79 Å². The van der Waals surface area contributed by atoms with E-state index in [1.807, 2.05) is 20.8 Å². The number of carbonyl (C=O) groups excluding carboxylic acids is 2. The molecule has 1 aliphatic heterocycles. The Morgan fingerprint density at radius 2 is 1.94 bits per heavy atom. The minimum atomic E-state index is -0.468. The Morgan fingerprint density at radius 3 is 2.44 bits per heavy atom. The molecule has 1 amide bonds. The molecule has 1 heterocycles. The summed E-state index contributed by atoms with van der Waals surface area (Å²) in [6, 6.07) is 0. The number of rotatable bonds is 2.